The number of amides is 1. The summed E-state index contributed by atoms with van der Waals surface area (Å²) in [5, 5.41) is 10.6. The SMILES string of the molecule is COC(C)C(=O)NC(CC(=O)O)C(=O)CF. The molecule has 6 nitrogen and oxygen atoms in total. The molecule has 0 aliphatic rings. The number of alkyl halides is 1. The van der Waals surface area contributed by atoms with Crippen LogP contribution in [-0.4, -0.2) is 48.7 Å². The second-order valence-electron chi connectivity index (χ2n) is 3.14. The summed E-state index contributed by atoms with van der Waals surface area (Å²) in [6.45, 7) is 0.104. The van der Waals surface area contributed by atoms with Crippen molar-refractivity contribution in [1.82, 2.24) is 5.32 Å². The summed E-state index contributed by atoms with van der Waals surface area (Å²) >= 11 is 0. The Kier molecular flexibility index (Phi) is 6.24. The zero-order valence-corrected chi connectivity index (χ0v) is 9.03. The smallest absolute Gasteiger partial charge is 0.305 e. The second kappa shape index (κ2) is 6.89. The van der Waals surface area contributed by atoms with Crippen molar-refractivity contribution in [3.8, 4) is 0 Å². The van der Waals surface area contributed by atoms with Crippen LogP contribution in [0, 0.1) is 0 Å². The molecule has 0 aromatic rings. The minimum Gasteiger partial charge on any atom is -0.481 e. The predicted molar refractivity (Wildman–Crippen MR) is 51.6 cm³/mol. The summed E-state index contributed by atoms with van der Waals surface area (Å²) < 4.78 is 16.8. The minimum atomic E-state index is -1.35. The normalized spacial score (nSPS) is 13.9. The lowest BCUT2D eigenvalue weighted by atomic mass is 10.1. The van der Waals surface area contributed by atoms with Gasteiger partial charge in [0.2, 0.25) is 5.91 Å². The number of carbonyl (C=O) groups excluding carboxylic acids is 2. The van der Waals surface area contributed by atoms with Gasteiger partial charge in [-0.1, -0.05) is 0 Å². The van der Waals surface area contributed by atoms with Crippen LogP contribution < -0.4 is 5.32 Å². The van der Waals surface area contributed by atoms with Gasteiger partial charge >= 0.3 is 5.97 Å². The van der Waals surface area contributed by atoms with Crippen molar-refractivity contribution in [2.45, 2.75) is 25.5 Å². The Balaban J connectivity index is 4.48. The molecule has 0 radical (unpaired) electrons. The summed E-state index contributed by atoms with van der Waals surface area (Å²) in [5.41, 5.74) is 0. The number of methoxy groups -OCH3 is 1. The van der Waals surface area contributed by atoms with Gasteiger partial charge in [0, 0.05) is 7.11 Å². The molecule has 0 rings (SSSR count). The van der Waals surface area contributed by atoms with Crippen molar-refractivity contribution in [3.63, 3.8) is 0 Å². The summed E-state index contributed by atoms with van der Waals surface area (Å²) in [5.74, 6) is -2.92. The van der Waals surface area contributed by atoms with Crippen LogP contribution in [0.4, 0.5) is 4.39 Å². The fraction of sp³-hybridized carbons (Fsp3) is 0.667. The molecular formula is C9H14FNO5. The Morgan fingerprint density at radius 2 is 2.00 bits per heavy atom. The van der Waals surface area contributed by atoms with E-state index in [2.05, 4.69) is 10.1 Å². The van der Waals surface area contributed by atoms with Gasteiger partial charge in [0.05, 0.1) is 6.42 Å². The van der Waals surface area contributed by atoms with Gasteiger partial charge in [-0.2, -0.15) is 0 Å². The van der Waals surface area contributed by atoms with Crippen LogP contribution in [0.15, 0.2) is 0 Å². The van der Waals surface area contributed by atoms with Crippen molar-refractivity contribution in [1.29, 1.82) is 0 Å². The molecule has 16 heavy (non-hydrogen) atoms. The Morgan fingerprint density at radius 3 is 2.38 bits per heavy atom. The molecular weight excluding hydrogens is 221 g/mol. The van der Waals surface area contributed by atoms with Gasteiger partial charge in [-0.25, -0.2) is 4.39 Å². The van der Waals surface area contributed by atoms with Gasteiger partial charge < -0.3 is 15.2 Å². The van der Waals surface area contributed by atoms with Crippen molar-refractivity contribution < 1.29 is 28.6 Å². The summed E-state index contributed by atoms with van der Waals surface area (Å²) in [4.78, 5) is 32.7. The molecule has 92 valence electrons. The minimum absolute atomic E-state index is 0.648. The van der Waals surface area contributed by atoms with Crippen molar-refractivity contribution in [3.05, 3.63) is 0 Å². The quantitative estimate of drug-likeness (QED) is 0.621. The number of ketones is 1. The first-order valence-electron chi connectivity index (χ1n) is 4.56. The number of aliphatic carboxylic acids is 1. The van der Waals surface area contributed by atoms with Gasteiger partial charge in [0.1, 0.15) is 18.8 Å². The largest absolute Gasteiger partial charge is 0.481 e. The average Bonchev–Trinajstić information content (AvgIpc) is 2.25. The number of carbonyl (C=O) groups is 3. The third-order valence-electron chi connectivity index (χ3n) is 1.94. The van der Waals surface area contributed by atoms with Gasteiger partial charge in [0.15, 0.2) is 5.78 Å². The number of carboxylic acid groups (broad SMARTS) is 1. The highest BCUT2D eigenvalue weighted by Gasteiger charge is 2.25. The summed E-state index contributed by atoms with van der Waals surface area (Å²) in [7, 11) is 1.29. The molecule has 0 aliphatic carbocycles. The van der Waals surface area contributed by atoms with E-state index in [4.69, 9.17) is 5.11 Å². The van der Waals surface area contributed by atoms with Crippen LogP contribution in [-0.2, 0) is 19.1 Å². The van der Waals surface area contributed by atoms with Crippen LogP contribution in [0.25, 0.3) is 0 Å². The van der Waals surface area contributed by atoms with E-state index in [-0.39, 0.29) is 0 Å². The van der Waals surface area contributed by atoms with E-state index in [1.54, 1.807) is 0 Å². The van der Waals surface area contributed by atoms with Crippen LogP contribution in [0.3, 0.4) is 0 Å². The van der Waals surface area contributed by atoms with Crippen LogP contribution in [0.2, 0.25) is 0 Å². The van der Waals surface area contributed by atoms with E-state index in [1.165, 1.54) is 14.0 Å². The number of carboxylic acids is 1. The number of ether oxygens (including phenoxy) is 1. The molecule has 0 aromatic heterocycles. The van der Waals surface area contributed by atoms with E-state index in [0.29, 0.717) is 0 Å². The second-order valence-corrected chi connectivity index (χ2v) is 3.14. The first-order chi connectivity index (χ1) is 7.42. The molecule has 0 heterocycles. The number of nitrogens with one attached hydrogen (secondary N) is 1. The lowest BCUT2D eigenvalue weighted by molar-refractivity contribution is -0.141. The lowest BCUT2D eigenvalue weighted by Gasteiger charge is -2.16. The van der Waals surface area contributed by atoms with Crippen LogP contribution in [0.1, 0.15) is 13.3 Å². The third kappa shape index (κ3) is 4.83. The summed E-state index contributed by atoms with van der Waals surface area (Å²) in [6, 6.07) is -1.35. The van der Waals surface area contributed by atoms with Crippen molar-refractivity contribution >= 4 is 17.7 Å². The van der Waals surface area contributed by atoms with Gasteiger partial charge in [-0.15, -0.1) is 0 Å². The third-order valence-corrected chi connectivity index (χ3v) is 1.94. The first-order valence-corrected chi connectivity index (χ1v) is 4.56. The molecule has 0 bridgehead atoms. The number of Topliss-reactive ketones (excluding diaryl/α,β-unsaturated/α-hetero) is 1. The molecule has 2 atom stereocenters. The molecule has 0 aliphatic heterocycles. The standard InChI is InChI=1S/C9H14FNO5/c1-5(16-2)9(15)11-6(3-8(13)14)7(12)4-10/h5-6H,3-4H2,1-2H3,(H,11,15)(H,13,14). The van der Waals surface area contributed by atoms with Gasteiger partial charge in [-0.3, -0.25) is 14.4 Å². The zero-order chi connectivity index (χ0) is 12.7. The van der Waals surface area contributed by atoms with Gasteiger partial charge in [-0.05, 0) is 6.92 Å². The maximum absolute atomic E-state index is 12.1. The van der Waals surface area contributed by atoms with Crippen molar-refractivity contribution in [2.75, 3.05) is 13.8 Å². The van der Waals surface area contributed by atoms with Gasteiger partial charge in [0.25, 0.3) is 0 Å². The highest BCUT2D eigenvalue weighted by Crippen LogP contribution is 1.98. The topological polar surface area (TPSA) is 92.7 Å². The molecule has 1 amide bonds. The Hall–Kier alpha value is -1.50. The van der Waals surface area contributed by atoms with Crippen LogP contribution in [0.5, 0.6) is 0 Å². The number of halogens is 1. The fourth-order valence-corrected chi connectivity index (χ4v) is 0.909. The molecule has 0 aromatic carbocycles. The van der Waals surface area contributed by atoms with E-state index >= 15 is 0 Å². The zero-order valence-electron chi connectivity index (χ0n) is 9.03. The lowest BCUT2D eigenvalue weighted by Crippen LogP contribution is -2.46. The van der Waals surface area contributed by atoms with E-state index in [0.717, 1.165) is 0 Å². The molecule has 2 unspecified atom stereocenters. The van der Waals surface area contributed by atoms with Crippen LogP contribution >= 0.6 is 0 Å². The monoisotopic (exact) mass is 235 g/mol. The molecule has 0 saturated carbocycles. The maximum Gasteiger partial charge on any atom is 0.305 e. The maximum atomic E-state index is 12.1. The molecule has 0 fully saturated rings. The van der Waals surface area contributed by atoms with E-state index < -0.39 is 42.9 Å². The molecule has 7 heteroatoms. The first kappa shape index (κ1) is 14.5. The fourth-order valence-electron chi connectivity index (χ4n) is 0.909. The predicted octanol–water partition coefficient (Wildman–Crippen LogP) is -0.481. The number of rotatable bonds is 7. The Labute approximate surface area is 91.8 Å². The molecule has 0 saturated heterocycles. The molecule has 0 spiro atoms. The Bertz CT molecular complexity index is 281. The molecule has 2 N–H and O–H groups in total. The Morgan fingerprint density at radius 1 is 1.44 bits per heavy atom. The number of hydrogen-bond acceptors (Lipinski definition) is 4. The highest BCUT2D eigenvalue weighted by atomic mass is 19.1. The highest BCUT2D eigenvalue weighted by molar-refractivity contribution is 5.93. The van der Waals surface area contributed by atoms with E-state index in [9.17, 15) is 18.8 Å². The van der Waals surface area contributed by atoms with E-state index in [1.807, 2.05) is 0 Å². The van der Waals surface area contributed by atoms with Crippen molar-refractivity contribution in [2.24, 2.45) is 0 Å². The summed E-state index contributed by atoms with van der Waals surface area (Å²) in [6.07, 6.45) is -1.48. The number of hydrogen-bond donors (Lipinski definition) is 2. The average molecular weight is 235 g/mol.